The zero-order chi connectivity index (χ0) is 17.4. The second-order valence-corrected chi connectivity index (χ2v) is 5.92. The molecule has 1 heterocycles. The van der Waals surface area contributed by atoms with E-state index in [1.54, 1.807) is 0 Å². The third-order valence-corrected chi connectivity index (χ3v) is 4.04. The van der Waals surface area contributed by atoms with Gasteiger partial charge in [-0.2, -0.15) is 0 Å². The first-order valence-corrected chi connectivity index (χ1v) is 8.28. The van der Waals surface area contributed by atoms with Crippen LogP contribution in [0.2, 0.25) is 0 Å². The van der Waals surface area contributed by atoms with Gasteiger partial charge >= 0.3 is 0 Å². The number of rotatable bonds is 7. The predicted octanol–water partition coefficient (Wildman–Crippen LogP) is 1.75. The van der Waals surface area contributed by atoms with E-state index in [0.717, 1.165) is 13.0 Å². The third kappa shape index (κ3) is 8.31. The number of benzene rings is 1. The summed E-state index contributed by atoms with van der Waals surface area (Å²) in [6.07, 6.45) is 1.40. The van der Waals surface area contributed by atoms with Crippen molar-refractivity contribution >= 4 is 42.3 Å². The molecule has 26 heavy (non-hydrogen) atoms. The molecule has 0 aliphatic carbocycles. The number of nitrogens with one attached hydrogen (secondary N) is 2. The van der Waals surface area contributed by atoms with Gasteiger partial charge in [0.1, 0.15) is 5.82 Å². The largest absolute Gasteiger partial charge is 0.340 e. The molecule has 0 spiro atoms. The predicted molar refractivity (Wildman–Crippen MR) is 106 cm³/mol. The molecule has 2 N–H and O–H groups in total. The SMILES string of the molecule is CNCCCC(=O)N1CCN(CC(=O)Nc2ccc(F)cc2)CC1.Cl.Cl. The Labute approximate surface area is 166 Å². The summed E-state index contributed by atoms with van der Waals surface area (Å²) in [5.41, 5.74) is 0.583. The Kier molecular flexibility index (Phi) is 12.2. The van der Waals surface area contributed by atoms with E-state index < -0.39 is 0 Å². The first kappa shape index (κ1) is 24.6. The summed E-state index contributed by atoms with van der Waals surface area (Å²) in [6.45, 7) is 3.81. The van der Waals surface area contributed by atoms with E-state index in [0.29, 0.717) is 38.3 Å². The van der Waals surface area contributed by atoms with Crippen LogP contribution in [0.3, 0.4) is 0 Å². The van der Waals surface area contributed by atoms with Gasteiger partial charge < -0.3 is 15.5 Å². The zero-order valence-corrected chi connectivity index (χ0v) is 16.5. The Balaban J connectivity index is 0.00000312. The second kappa shape index (κ2) is 12.9. The number of carbonyl (C=O) groups excluding carboxylic acids is 2. The number of anilines is 1. The maximum Gasteiger partial charge on any atom is 0.238 e. The Morgan fingerprint density at radius 3 is 2.27 bits per heavy atom. The molecular formula is C17H27Cl2FN4O2. The molecule has 6 nitrogen and oxygen atoms in total. The van der Waals surface area contributed by atoms with Crippen LogP contribution in [0.15, 0.2) is 24.3 Å². The Bertz CT molecular complexity index is 552. The minimum absolute atomic E-state index is 0. The first-order chi connectivity index (χ1) is 11.6. The lowest BCUT2D eigenvalue weighted by atomic mass is 10.2. The molecule has 0 radical (unpaired) electrons. The molecule has 1 aliphatic rings. The molecule has 1 aliphatic heterocycles. The molecule has 9 heteroatoms. The van der Waals surface area contributed by atoms with Gasteiger partial charge in [0, 0.05) is 38.3 Å². The van der Waals surface area contributed by atoms with Crippen molar-refractivity contribution in [1.29, 1.82) is 0 Å². The summed E-state index contributed by atoms with van der Waals surface area (Å²) >= 11 is 0. The fourth-order valence-electron chi connectivity index (χ4n) is 2.67. The lowest BCUT2D eigenvalue weighted by Gasteiger charge is -2.34. The average molecular weight is 409 g/mol. The standard InChI is InChI=1S/C17H25FN4O2.2ClH/c1-19-8-2-3-17(24)22-11-9-21(10-12-22)13-16(23)20-15-6-4-14(18)5-7-15;;/h4-7,19H,2-3,8-13H2,1H3,(H,20,23);2*1H. The van der Waals surface area contributed by atoms with Crippen LogP contribution in [0.25, 0.3) is 0 Å². The van der Waals surface area contributed by atoms with E-state index in [2.05, 4.69) is 10.6 Å². The van der Waals surface area contributed by atoms with Gasteiger partial charge in [-0.1, -0.05) is 0 Å². The molecular weight excluding hydrogens is 382 g/mol. The molecule has 0 aromatic heterocycles. The Morgan fingerprint density at radius 2 is 1.69 bits per heavy atom. The fourth-order valence-corrected chi connectivity index (χ4v) is 2.67. The van der Waals surface area contributed by atoms with Gasteiger partial charge in [0.2, 0.25) is 11.8 Å². The molecule has 2 amide bonds. The Morgan fingerprint density at radius 1 is 1.08 bits per heavy atom. The minimum atomic E-state index is -0.330. The molecule has 1 aromatic carbocycles. The Hall–Kier alpha value is -1.41. The maximum atomic E-state index is 12.8. The number of hydrogen-bond donors (Lipinski definition) is 2. The van der Waals surface area contributed by atoms with Crippen molar-refractivity contribution in [1.82, 2.24) is 15.1 Å². The number of piperazine rings is 1. The molecule has 0 unspecified atom stereocenters. The molecule has 0 bridgehead atoms. The van der Waals surface area contributed by atoms with Crippen LogP contribution in [0, 0.1) is 5.82 Å². The normalized spacial score (nSPS) is 14.2. The molecule has 148 valence electrons. The van der Waals surface area contributed by atoms with Crippen LogP contribution in [-0.4, -0.2) is 67.9 Å². The van der Waals surface area contributed by atoms with E-state index in [1.807, 2.05) is 16.8 Å². The number of carbonyl (C=O) groups is 2. The van der Waals surface area contributed by atoms with Gasteiger partial charge in [0.15, 0.2) is 0 Å². The summed E-state index contributed by atoms with van der Waals surface area (Å²) in [7, 11) is 1.88. The van der Waals surface area contributed by atoms with Gasteiger partial charge in [-0.05, 0) is 44.3 Å². The van der Waals surface area contributed by atoms with Crippen molar-refractivity contribution < 1.29 is 14.0 Å². The summed E-state index contributed by atoms with van der Waals surface area (Å²) in [6, 6.07) is 5.70. The van der Waals surface area contributed by atoms with Crippen molar-refractivity contribution in [2.75, 3.05) is 51.6 Å². The van der Waals surface area contributed by atoms with Crippen LogP contribution < -0.4 is 10.6 Å². The van der Waals surface area contributed by atoms with Gasteiger partial charge in [0.05, 0.1) is 6.54 Å². The highest BCUT2D eigenvalue weighted by Gasteiger charge is 2.22. The van der Waals surface area contributed by atoms with Gasteiger partial charge in [0.25, 0.3) is 0 Å². The van der Waals surface area contributed by atoms with Crippen LogP contribution in [-0.2, 0) is 9.59 Å². The third-order valence-electron chi connectivity index (χ3n) is 4.04. The topological polar surface area (TPSA) is 64.7 Å². The van der Waals surface area contributed by atoms with Crippen molar-refractivity contribution in [3.63, 3.8) is 0 Å². The molecule has 0 saturated carbocycles. The second-order valence-electron chi connectivity index (χ2n) is 5.92. The number of nitrogens with zero attached hydrogens (tertiary/aromatic N) is 2. The van der Waals surface area contributed by atoms with Crippen LogP contribution >= 0.6 is 24.8 Å². The summed E-state index contributed by atoms with van der Waals surface area (Å²) in [5, 5.41) is 5.78. The van der Waals surface area contributed by atoms with Crippen molar-refractivity contribution in [2.24, 2.45) is 0 Å². The number of hydrogen-bond acceptors (Lipinski definition) is 4. The summed E-state index contributed by atoms with van der Waals surface area (Å²) < 4.78 is 12.8. The highest BCUT2D eigenvalue weighted by molar-refractivity contribution is 5.92. The average Bonchev–Trinajstić information content (AvgIpc) is 2.58. The molecule has 0 atom stereocenters. The molecule has 1 aromatic rings. The van der Waals surface area contributed by atoms with E-state index in [9.17, 15) is 14.0 Å². The fraction of sp³-hybridized carbons (Fsp3) is 0.529. The van der Waals surface area contributed by atoms with Crippen LogP contribution in [0.4, 0.5) is 10.1 Å². The van der Waals surface area contributed by atoms with E-state index in [1.165, 1.54) is 24.3 Å². The van der Waals surface area contributed by atoms with E-state index in [-0.39, 0.29) is 49.0 Å². The summed E-state index contributed by atoms with van der Waals surface area (Å²) in [4.78, 5) is 28.0. The monoisotopic (exact) mass is 408 g/mol. The molecule has 1 saturated heterocycles. The molecule has 2 rings (SSSR count). The highest BCUT2D eigenvalue weighted by atomic mass is 35.5. The quantitative estimate of drug-likeness (QED) is 0.674. The van der Waals surface area contributed by atoms with Crippen molar-refractivity contribution in [2.45, 2.75) is 12.8 Å². The highest BCUT2D eigenvalue weighted by Crippen LogP contribution is 2.09. The summed E-state index contributed by atoms with van der Waals surface area (Å²) in [5.74, 6) is -0.278. The number of amides is 2. The lowest BCUT2D eigenvalue weighted by molar-refractivity contribution is -0.133. The smallest absolute Gasteiger partial charge is 0.238 e. The molecule has 1 fully saturated rings. The van der Waals surface area contributed by atoms with Crippen molar-refractivity contribution in [3.8, 4) is 0 Å². The lowest BCUT2D eigenvalue weighted by Crippen LogP contribution is -2.50. The maximum absolute atomic E-state index is 12.8. The zero-order valence-electron chi connectivity index (χ0n) is 14.9. The van der Waals surface area contributed by atoms with Gasteiger partial charge in [-0.15, -0.1) is 24.8 Å². The van der Waals surface area contributed by atoms with Gasteiger partial charge in [-0.25, -0.2) is 4.39 Å². The van der Waals surface area contributed by atoms with Crippen LogP contribution in [0.1, 0.15) is 12.8 Å². The first-order valence-electron chi connectivity index (χ1n) is 8.28. The van der Waals surface area contributed by atoms with Crippen LogP contribution in [0.5, 0.6) is 0 Å². The number of halogens is 3. The van der Waals surface area contributed by atoms with Crippen molar-refractivity contribution in [3.05, 3.63) is 30.1 Å². The van der Waals surface area contributed by atoms with E-state index in [4.69, 9.17) is 0 Å². The van der Waals surface area contributed by atoms with E-state index >= 15 is 0 Å². The minimum Gasteiger partial charge on any atom is -0.340 e. The van der Waals surface area contributed by atoms with Gasteiger partial charge in [-0.3, -0.25) is 14.5 Å².